The number of hydrogen-bond acceptors (Lipinski definition) is 7. The third-order valence-corrected chi connectivity index (χ3v) is 6.40. The SMILES string of the molecule is CC(C)n1c(SCC(=O)N2N=C(c3ccco3)CC2c2ccco2)nc2ccccc2c1=O. The van der Waals surface area contributed by atoms with Crippen molar-refractivity contribution in [2.75, 3.05) is 5.75 Å². The molecule has 0 saturated carbocycles. The summed E-state index contributed by atoms with van der Waals surface area (Å²) in [5, 5.41) is 7.06. The number of hydrogen-bond donors (Lipinski definition) is 0. The molecule has 5 rings (SSSR count). The largest absolute Gasteiger partial charge is 0.467 e. The van der Waals surface area contributed by atoms with Crippen molar-refractivity contribution in [3.63, 3.8) is 0 Å². The molecule has 0 fully saturated rings. The number of aromatic nitrogens is 2. The summed E-state index contributed by atoms with van der Waals surface area (Å²) in [7, 11) is 0. The van der Waals surface area contributed by atoms with Crippen molar-refractivity contribution in [3.05, 3.63) is 82.9 Å². The van der Waals surface area contributed by atoms with Gasteiger partial charge in [0.25, 0.3) is 11.5 Å². The van der Waals surface area contributed by atoms with E-state index in [4.69, 9.17) is 8.83 Å². The lowest BCUT2D eigenvalue weighted by atomic mass is 10.1. The zero-order valence-electron chi connectivity index (χ0n) is 18.2. The highest BCUT2D eigenvalue weighted by Gasteiger charge is 2.35. The Morgan fingerprint density at radius 1 is 1.12 bits per heavy atom. The second-order valence-electron chi connectivity index (χ2n) is 7.97. The first kappa shape index (κ1) is 21.3. The molecule has 0 bridgehead atoms. The zero-order valence-corrected chi connectivity index (χ0v) is 19.0. The van der Waals surface area contributed by atoms with Crippen molar-refractivity contribution in [2.24, 2.45) is 5.10 Å². The monoisotopic (exact) mass is 462 g/mol. The summed E-state index contributed by atoms with van der Waals surface area (Å²) in [6, 6.07) is 14.0. The molecule has 1 aliphatic heterocycles. The van der Waals surface area contributed by atoms with Gasteiger partial charge in [0.15, 0.2) is 5.16 Å². The standard InChI is InChI=1S/C24H22N4O4S/c1-15(2)27-23(30)16-7-3-4-8-17(16)25-24(27)33-14-22(29)28-19(21-10-6-12-32-21)13-18(26-28)20-9-5-11-31-20/h3-12,15,19H,13-14H2,1-2H3. The van der Waals surface area contributed by atoms with Gasteiger partial charge in [-0.1, -0.05) is 23.9 Å². The molecular weight excluding hydrogens is 440 g/mol. The van der Waals surface area contributed by atoms with Crippen LogP contribution in [0.25, 0.3) is 10.9 Å². The first-order chi connectivity index (χ1) is 16.0. The van der Waals surface area contributed by atoms with Gasteiger partial charge in [-0.25, -0.2) is 9.99 Å². The van der Waals surface area contributed by atoms with Crippen LogP contribution in [-0.4, -0.2) is 31.9 Å². The Bertz CT molecular complexity index is 1370. The molecule has 1 aliphatic rings. The third kappa shape index (κ3) is 4.00. The lowest BCUT2D eigenvalue weighted by Gasteiger charge is -2.20. The van der Waals surface area contributed by atoms with Gasteiger partial charge in [0.05, 0.1) is 29.2 Å². The van der Waals surface area contributed by atoms with Crippen LogP contribution in [-0.2, 0) is 4.79 Å². The zero-order chi connectivity index (χ0) is 22.9. The number of rotatable bonds is 6. The summed E-state index contributed by atoms with van der Waals surface area (Å²) in [4.78, 5) is 31.0. The van der Waals surface area contributed by atoms with Crippen molar-refractivity contribution >= 4 is 34.3 Å². The molecule has 1 unspecified atom stereocenters. The first-order valence-corrected chi connectivity index (χ1v) is 11.6. The van der Waals surface area contributed by atoms with E-state index in [0.29, 0.717) is 39.7 Å². The average molecular weight is 463 g/mol. The topological polar surface area (TPSA) is 93.8 Å². The highest BCUT2D eigenvalue weighted by molar-refractivity contribution is 7.99. The van der Waals surface area contributed by atoms with Crippen molar-refractivity contribution in [2.45, 2.75) is 37.5 Å². The molecular formula is C24H22N4O4S. The van der Waals surface area contributed by atoms with Crippen LogP contribution in [0.1, 0.15) is 43.9 Å². The number of amides is 1. The number of fused-ring (bicyclic) bond motifs is 1. The molecule has 3 aromatic heterocycles. The molecule has 1 aromatic carbocycles. The minimum atomic E-state index is -0.356. The van der Waals surface area contributed by atoms with Crippen LogP contribution < -0.4 is 5.56 Å². The quantitative estimate of drug-likeness (QED) is 0.306. The van der Waals surface area contributed by atoms with Gasteiger partial charge in [-0.15, -0.1) is 0 Å². The van der Waals surface area contributed by atoms with E-state index < -0.39 is 0 Å². The number of hydrazone groups is 1. The van der Waals surface area contributed by atoms with E-state index in [2.05, 4.69) is 10.1 Å². The molecule has 0 N–H and O–H groups in total. The predicted octanol–water partition coefficient (Wildman–Crippen LogP) is 4.63. The van der Waals surface area contributed by atoms with Gasteiger partial charge in [0, 0.05) is 12.5 Å². The molecule has 168 valence electrons. The minimum absolute atomic E-state index is 0.0731. The number of furan rings is 2. The van der Waals surface area contributed by atoms with Gasteiger partial charge in [-0.05, 0) is 50.2 Å². The summed E-state index contributed by atoms with van der Waals surface area (Å²) in [6.07, 6.45) is 3.65. The Labute approximate surface area is 193 Å². The maximum absolute atomic E-state index is 13.3. The Morgan fingerprint density at radius 2 is 1.91 bits per heavy atom. The number of thioether (sulfide) groups is 1. The number of carbonyl (C=O) groups is 1. The van der Waals surface area contributed by atoms with Gasteiger partial charge >= 0.3 is 0 Å². The second-order valence-corrected chi connectivity index (χ2v) is 8.91. The minimum Gasteiger partial charge on any atom is -0.467 e. The van der Waals surface area contributed by atoms with Crippen LogP contribution in [0.4, 0.5) is 0 Å². The Kier molecular flexibility index (Phi) is 5.63. The molecule has 8 nitrogen and oxygen atoms in total. The summed E-state index contributed by atoms with van der Waals surface area (Å²) in [5.74, 6) is 1.14. The van der Waals surface area contributed by atoms with Crippen LogP contribution in [0.15, 0.2) is 84.9 Å². The Hall–Kier alpha value is -3.59. The summed E-state index contributed by atoms with van der Waals surface area (Å²) in [6.45, 7) is 3.86. The average Bonchev–Trinajstić information content (AvgIpc) is 3.58. The van der Waals surface area contributed by atoms with Crippen LogP contribution in [0.5, 0.6) is 0 Å². The molecule has 0 spiro atoms. The molecule has 4 heterocycles. The molecule has 0 aliphatic carbocycles. The van der Waals surface area contributed by atoms with E-state index in [9.17, 15) is 9.59 Å². The number of nitrogens with zero attached hydrogens (tertiary/aromatic N) is 4. The van der Waals surface area contributed by atoms with Gasteiger partial charge < -0.3 is 8.83 Å². The van der Waals surface area contributed by atoms with Crippen LogP contribution in [0.3, 0.4) is 0 Å². The van der Waals surface area contributed by atoms with Crippen LogP contribution in [0, 0.1) is 0 Å². The van der Waals surface area contributed by atoms with Crippen LogP contribution in [0.2, 0.25) is 0 Å². The van der Waals surface area contributed by atoms with Gasteiger partial charge in [0.2, 0.25) is 0 Å². The predicted molar refractivity (Wildman–Crippen MR) is 125 cm³/mol. The summed E-state index contributed by atoms with van der Waals surface area (Å²) in [5.41, 5.74) is 1.18. The van der Waals surface area contributed by atoms with Crippen molar-refractivity contribution in [3.8, 4) is 0 Å². The highest BCUT2D eigenvalue weighted by atomic mass is 32.2. The Balaban J connectivity index is 1.43. The molecule has 1 amide bonds. The molecule has 1 atom stereocenters. The van der Waals surface area contributed by atoms with E-state index in [1.54, 1.807) is 41.4 Å². The fraction of sp³-hybridized carbons (Fsp3) is 0.250. The fourth-order valence-corrected chi connectivity index (χ4v) is 4.89. The van der Waals surface area contributed by atoms with Gasteiger partial charge in [0.1, 0.15) is 23.3 Å². The fourth-order valence-electron chi connectivity index (χ4n) is 3.91. The van der Waals surface area contributed by atoms with Crippen LogP contribution >= 0.6 is 11.8 Å². The van der Waals surface area contributed by atoms with Gasteiger partial charge in [-0.2, -0.15) is 5.10 Å². The molecule has 4 aromatic rings. The highest BCUT2D eigenvalue weighted by Crippen LogP contribution is 2.34. The van der Waals surface area contributed by atoms with Crippen molar-refractivity contribution < 1.29 is 13.6 Å². The van der Waals surface area contributed by atoms with Gasteiger partial charge in [-0.3, -0.25) is 14.2 Å². The normalized spacial score (nSPS) is 16.0. The number of carbonyl (C=O) groups excluding carboxylic acids is 1. The second kappa shape index (κ2) is 8.74. The van der Waals surface area contributed by atoms with E-state index in [-0.39, 0.29) is 29.3 Å². The van der Waals surface area contributed by atoms with E-state index >= 15 is 0 Å². The lowest BCUT2D eigenvalue weighted by molar-refractivity contribution is -0.130. The summed E-state index contributed by atoms with van der Waals surface area (Å²) >= 11 is 1.23. The van der Waals surface area contributed by atoms with Crippen molar-refractivity contribution in [1.29, 1.82) is 0 Å². The maximum atomic E-state index is 13.3. The number of benzene rings is 1. The van der Waals surface area contributed by atoms with Crippen molar-refractivity contribution in [1.82, 2.24) is 14.6 Å². The lowest BCUT2D eigenvalue weighted by Crippen LogP contribution is -2.29. The number of para-hydroxylation sites is 1. The third-order valence-electron chi connectivity index (χ3n) is 5.46. The maximum Gasteiger partial charge on any atom is 0.262 e. The molecule has 33 heavy (non-hydrogen) atoms. The molecule has 0 saturated heterocycles. The Morgan fingerprint density at radius 3 is 2.64 bits per heavy atom. The van der Waals surface area contributed by atoms with E-state index in [0.717, 1.165) is 0 Å². The molecule has 0 radical (unpaired) electrons. The van der Waals surface area contributed by atoms with E-state index in [1.807, 2.05) is 38.1 Å². The summed E-state index contributed by atoms with van der Waals surface area (Å²) < 4.78 is 12.7. The molecule has 9 heteroatoms. The smallest absolute Gasteiger partial charge is 0.262 e. The first-order valence-electron chi connectivity index (χ1n) is 10.6. The van der Waals surface area contributed by atoms with E-state index in [1.165, 1.54) is 16.8 Å².